The Hall–Kier alpha value is -0.410. The van der Waals surface area contributed by atoms with E-state index in [-0.39, 0.29) is 5.54 Å². The summed E-state index contributed by atoms with van der Waals surface area (Å²) in [5, 5.41) is 0. The highest BCUT2D eigenvalue weighted by atomic mass is 79.9. The van der Waals surface area contributed by atoms with Crippen LogP contribution in [0.3, 0.4) is 0 Å². The predicted octanol–water partition coefficient (Wildman–Crippen LogP) is 2.18. The SMILES string of the molecule is NC1(c2ccncc2Br)CCC1. The van der Waals surface area contributed by atoms with Crippen molar-refractivity contribution in [1.29, 1.82) is 0 Å². The zero-order chi connectivity index (χ0) is 8.60. The lowest BCUT2D eigenvalue weighted by Crippen LogP contribution is -2.43. The topological polar surface area (TPSA) is 38.9 Å². The molecule has 3 heteroatoms. The molecule has 0 bridgehead atoms. The molecular weight excluding hydrogens is 216 g/mol. The van der Waals surface area contributed by atoms with Gasteiger partial charge in [0.25, 0.3) is 0 Å². The highest BCUT2D eigenvalue weighted by Crippen LogP contribution is 2.41. The molecule has 0 aromatic carbocycles. The molecule has 1 aliphatic carbocycles. The van der Waals surface area contributed by atoms with Crippen molar-refractivity contribution >= 4 is 15.9 Å². The summed E-state index contributed by atoms with van der Waals surface area (Å²) in [6.07, 6.45) is 7.03. The van der Waals surface area contributed by atoms with Gasteiger partial charge in [-0.1, -0.05) is 0 Å². The molecule has 2 rings (SSSR count). The first-order valence-corrected chi connectivity index (χ1v) is 4.90. The van der Waals surface area contributed by atoms with E-state index in [0.29, 0.717) is 0 Å². The number of halogens is 1. The summed E-state index contributed by atoms with van der Waals surface area (Å²) in [5.74, 6) is 0. The van der Waals surface area contributed by atoms with E-state index >= 15 is 0 Å². The van der Waals surface area contributed by atoms with Crippen LogP contribution in [0.25, 0.3) is 0 Å². The standard InChI is InChI=1S/C9H11BrN2/c10-8-6-12-5-2-7(8)9(11)3-1-4-9/h2,5-6H,1,3-4,11H2. The third-order valence-electron chi connectivity index (χ3n) is 2.55. The molecule has 1 aromatic heterocycles. The van der Waals surface area contributed by atoms with E-state index in [0.717, 1.165) is 17.3 Å². The highest BCUT2D eigenvalue weighted by molar-refractivity contribution is 9.10. The first-order chi connectivity index (χ1) is 5.72. The maximum Gasteiger partial charge on any atom is 0.0422 e. The number of hydrogen-bond donors (Lipinski definition) is 1. The average Bonchev–Trinajstić information content (AvgIpc) is 2.01. The molecule has 1 heterocycles. The third kappa shape index (κ3) is 1.17. The van der Waals surface area contributed by atoms with E-state index in [4.69, 9.17) is 5.73 Å². The fourth-order valence-corrected chi connectivity index (χ4v) is 2.25. The summed E-state index contributed by atoms with van der Waals surface area (Å²) >= 11 is 3.46. The zero-order valence-corrected chi connectivity index (χ0v) is 8.34. The van der Waals surface area contributed by atoms with E-state index in [9.17, 15) is 0 Å². The normalized spacial score (nSPS) is 20.2. The lowest BCUT2D eigenvalue weighted by Gasteiger charge is -2.39. The Kier molecular flexibility index (Phi) is 1.93. The van der Waals surface area contributed by atoms with E-state index in [1.165, 1.54) is 12.0 Å². The first kappa shape index (κ1) is 8.20. The number of nitrogens with zero attached hydrogens (tertiary/aromatic N) is 1. The van der Waals surface area contributed by atoms with Gasteiger partial charge in [-0.2, -0.15) is 0 Å². The molecule has 0 spiro atoms. The molecule has 12 heavy (non-hydrogen) atoms. The molecule has 1 aromatic rings. The summed E-state index contributed by atoms with van der Waals surface area (Å²) < 4.78 is 1.03. The van der Waals surface area contributed by atoms with Gasteiger partial charge in [-0.05, 0) is 46.8 Å². The summed E-state index contributed by atoms with van der Waals surface area (Å²) in [7, 11) is 0. The number of aromatic nitrogens is 1. The molecule has 0 atom stereocenters. The lowest BCUT2D eigenvalue weighted by atomic mass is 9.73. The maximum absolute atomic E-state index is 6.17. The molecule has 2 nitrogen and oxygen atoms in total. The molecule has 0 amide bonds. The molecule has 1 fully saturated rings. The van der Waals surface area contributed by atoms with Crippen molar-refractivity contribution in [3.63, 3.8) is 0 Å². The number of nitrogens with two attached hydrogens (primary N) is 1. The van der Waals surface area contributed by atoms with Gasteiger partial charge in [0.05, 0.1) is 0 Å². The fourth-order valence-electron chi connectivity index (χ4n) is 1.61. The quantitative estimate of drug-likeness (QED) is 0.798. The van der Waals surface area contributed by atoms with Gasteiger partial charge in [0.15, 0.2) is 0 Å². The monoisotopic (exact) mass is 226 g/mol. The summed E-state index contributed by atoms with van der Waals surface area (Å²) in [5.41, 5.74) is 7.28. The van der Waals surface area contributed by atoms with Crippen molar-refractivity contribution in [3.05, 3.63) is 28.5 Å². The smallest absolute Gasteiger partial charge is 0.0422 e. The predicted molar refractivity (Wildman–Crippen MR) is 51.7 cm³/mol. The van der Waals surface area contributed by atoms with Crippen LogP contribution in [-0.4, -0.2) is 4.98 Å². The molecule has 0 aliphatic heterocycles. The van der Waals surface area contributed by atoms with Gasteiger partial charge in [0.1, 0.15) is 0 Å². The molecule has 0 radical (unpaired) electrons. The van der Waals surface area contributed by atoms with Crippen LogP contribution in [-0.2, 0) is 5.54 Å². The summed E-state index contributed by atoms with van der Waals surface area (Å²) in [6, 6.07) is 2.00. The highest BCUT2D eigenvalue weighted by Gasteiger charge is 2.35. The molecule has 1 saturated carbocycles. The van der Waals surface area contributed by atoms with Gasteiger partial charge >= 0.3 is 0 Å². The minimum atomic E-state index is -0.0816. The van der Waals surface area contributed by atoms with Crippen molar-refractivity contribution in [3.8, 4) is 0 Å². The Morgan fingerprint density at radius 2 is 2.25 bits per heavy atom. The van der Waals surface area contributed by atoms with Crippen molar-refractivity contribution < 1.29 is 0 Å². The van der Waals surface area contributed by atoms with Gasteiger partial charge in [-0.15, -0.1) is 0 Å². The van der Waals surface area contributed by atoms with E-state index in [1.54, 1.807) is 6.20 Å². The van der Waals surface area contributed by atoms with Gasteiger partial charge in [-0.3, -0.25) is 4.98 Å². The second kappa shape index (κ2) is 2.82. The van der Waals surface area contributed by atoms with Gasteiger partial charge in [-0.25, -0.2) is 0 Å². The fraction of sp³-hybridized carbons (Fsp3) is 0.444. The molecule has 64 valence electrons. The Balaban J connectivity index is 2.39. The zero-order valence-electron chi connectivity index (χ0n) is 6.76. The first-order valence-electron chi connectivity index (χ1n) is 4.11. The van der Waals surface area contributed by atoms with Crippen LogP contribution >= 0.6 is 15.9 Å². The molecule has 1 aliphatic rings. The van der Waals surface area contributed by atoms with Gasteiger partial charge in [0.2, 0.25) is 0 Å². The van der Waals surface area contributed by atoms with Crippen LogP contribution in [0, 0.1) is 0 Å². The van der Waals surface area contributed by atoms with Crippen LogP contribution in [0.15, 0.2) is 22.9 Å². The molecular formula is C9H11BrN2. The van der Waals surface area contributed by atoms with Crippen LogP contribution in [0.4, 0.5) is 0 Å². The summed E-state index contributed by atoms with van der Waals surface area (Å²) in [6.45, 7) is 0. The number of rotatable bonds is 1. The van der Waals surface area contributed by atoms with Crippen LogP contribution in [0.1, 0.15) is 24.8 Å². The molecule has 0 saturated heterocycles. The van der Waals surface area contributed by atoms with Crippen LogP contribution in [0.5, 0.6) is 0 Å². The summed E-state index contributed by atoms with van der Waals surface area (Å²) in [4.78, 5) is 4.01. The minimum Gasteiger partial charge on any atom is -0.321 e. The van der Waals surface area contributed by atoms with Crippen LogP contribution in [0.2, 0.25) is 0 Å². The van der Waals surface area contributed by atoms with Crippen LogP contribution < -0.4 is 5.73 Å². The minimum absolute atomic E-state index is 0.0816. The van der Waals surface area contributed by atoms with E-state index in [2.05, 4.69) is 20.9 Å². The Morgan fingerprint density at radius 1 is 1.50 bits per heavy atom. The second-order valence-corrected chi connectivity index (χ2v) is 4.22. The Morgan fingerprint density at radius 3 is 2.75 bits per heavy atom. The third-order valence-corrected chi connectivity index (χ3v) is 3.19. The largest absolute Gasteiger partial charge is 0.321 e. The van der Waals surface area contributed by atoms with Gasteiger partial charge in [0, 0.05) is 22.4 Å². The van der Waals surface area contributed by atoms with Crippen molar-refractivity contribution in [2.45, 2.75) is 24.8 Å². The van der Waals surface area contributed by atoms with E-state index < -0.39 is 0 Å². The molecule has 0 unspecified atom stereocenters. The average molecular weight is 227 g/mol. The molecule has 2 N–H and O–H groups in total. The Labute approximate surface area is 80.3 Å². The van der Waals surface area contributed by atoms with Crippen molar-refractivity contribution in [2.75, 3.05) is 0 Å². The maximum atomic E-state index is 6.17. The van der Waals surface area contributed by atoms with Gasteiger partial charge < -0.3 is 5.73 Å². The Bertz CT molecular complexity index is 294. The number of pyridine rings is 1. The lowest BCUT2D eigenvalue weighted by molar-refractivity contribution is 0.252. The number of hydrogen-bond acceptors (Lipinski definition) is 2. The van der Waals surface area contributed by atoms with Crippen molar-refractivity contribution in [2.24, 2.45) is 5.73 Å². The second-order valence-electron chi connectivity index (χ2n) is 3.37. The van der Waals surface area contributed by atoms with Crippen molar-refractivity contribution in [1.82, 2.24) is 4.98 Å². The van der Waals surface area contributed by atoms with E-state index in [1.807, 2.05) is 12.3 Å².